The molecule has 1 aliphatic rings. The van der Waals surface area contributed by atoms with Crippen molar-refractivity contribution in [3.63, 3.8) is 0 Å². The molecule has 0 amide bonds. The summed E-state index contributed by atoms with van der Waals surface area (Å²) in [6.45, 7) is 2.07. The first-order valence-corrected chi connectivity index (χ1v) is 7.05. The second-order valence-corrected chi connectivity index (χ2v) is 5.03. The number of carbonyl (C=O) groups excluding carboxylic acids is 1. The quantitative estimate of drug-likeness (QED) is 0.826. The monoisotopic (exact) mass is 351 g/mol. The van der Waals surface area contributed by atoms with E-state index in [9.17, 15) is 18.0 Å². The summed E-state index contributed by atoms with van der Waals surface area (Å²) in [6.07, 6.45) is -4.06. The number of oxime groups is 1. The Balaban J connectivity index is 1.89. The topological polar surface area (TPSA) is 72.8 Å². The molecule has 10 heteroatoms. The van der Waals surface area contributed by atoms with Crippen molar-refractivity contribution in [2.75, 3.05) is 18.5 Å². The molecule has 1 aromatic heterocycles. The number of halogens is 4. The number of carbonyl (C=O) groups is 1. The lowest BCUT2D eigenvalue weighted by atomic mass is 10.2. The third-order valence-corrected chi connectivity index (χ3v) is 3.20. The van der Waals surface area contributed by atoms with Gasteiger partial charge in [0.1, 0.15) is 5.82 Å². The highest BCUT2D eigenvalue weighted by Gasteiger charge is 2.32. The van der Waals surface area contributed by atoms with E-state index in [1.165, 1.54) is 0 Å². The number of pyridine rings is 1. The van der Waals surface area contributed by atoms with Crippen molar-refractivity contribution >= 4 is 29.1 Å². The van der Waals surface area contributed by atoms with E-state index in [1.807, 2.05) is 0 Å². The third-order valence-electron chi connectivity index (χ3n) is 2.91. The summed E-state index contributed by atoms with van der Waals surface area (Å²) in [7, 11) is 0. The summed E-state index contributed by atoms with van der Waals surface area (Å²) < 4.78 is 42.3. The molecule has 2 heterocycles. The van der Waals surface area contributed by atoms with Crippen LogP contribution in [0.1, 0.15) is 18.9 Å². The molecule has 126 valence electrons. The van der Waals surface area contributed by atoms with Gasteiger partial charge in [0, 0.05) is 12.6 Å². The number of rotatable bonds is 5. The number of nitrogens with zero attached hydrogens (tertiary/aromatic N) is 2. The first-order valence-electron chi connectivity index (χ1n) is 6.67. The van der Waals surface area contributed by atoms with Crippen molar-refractivity contribution in [1.82, 2.24) is 4.98 Å². The third kappa shape index (κ3) is 4.47. The Kier molecular flexibility index (Phi) is 5.30. The molecule has 1 N–H and O–H groups in total. The van der Waals surface area contributed by atoms with E-state index in [4.69, 9.17) is 21.2 Å². The van der Waals surface area contributed by atoms with Gasteiger partial charge in [0.25, 0.3) is 0 Å². The van der Waals surface area contributed by atoms with Crippen molar-refractivity contribution in [2.45, 2.75) is 25.6 Å². The number of hydrogen-bond acceptors (Lipinski definition) is 6. The first-order chi connectivity index (χ1) is 10.8. The number of ether oxygens (including phenoxy) is 1. The Hall–Kier alpha value is -2.03. The van der Waals surface area contributed by atoms with Crippen LogP contribution in [-0.4, -0.2) is 35.9 Å². The average molecular weight is 352 g/mol. The number of alkyl halides is 3. The Bertz CT molecular complexity index is 622. The molecule has 0 bridgehead atoms. The lowest BCUT2D eigenvalue weighted by molar-refractivity contribution is -0.138. The van der Waals surface area contributed by atoms with E-state index in [2.05, 4.69) is 15.5 Å². The van der Waals surface area contributed by atoms with Gasteiger partial charge in [-0.25, -0.2) is 9.78 Å². The van der Waals surface area contributed by atoms with Gasteiger partial charge in [-0.15, -0.1) is 0 Å². The lowest BCUT2D eigenvalue weighted by Gasteiger charge is -2.13. The molecule has 6 nitrogen and oxygen atoms in total. The zero-order valence-electron chi connectivity index (χ0n) is 12.0. The number of hydrogen-bond donors (Lipinski definition) is 1. The summed E-state index contributed by atoms with van der Waals surface area (Å²) >= 11 is 5.77. The van der Waals surface area contributed by atoms with Gasteiger partial charge in [-0.1, -0.05) is 16.8 Å². The van der Waals surface area contributed by atoms with Crippen molar-refractivity contribution in [2.24, 2.45) is 5.16 Å². The molecule has 1 aliphatic heterocycles. The highest BCUT2D eigenvalue weighted by molar-refractivity contribution is 6.36. The first kappa shape index (κ1) is 17.3. The fraction of sp³-hybridized carbons (Fsp3) is 0.462. The smallest absolute Gasteiger partial charge is 0.417 e. The van der Waals surface area contributed by atoms with Gasteiger partial charge in [-0.2, -0.15) is 13.2 Å². The molecular formula is C13H13ClF3N3O3. The van der Waals surface area contributed by atoms with Crippen LogP contribution in [0.15, 0.2) is 17.4 Å². The molecule has 23 heavy (non-hydrogen) atoms. The molecule has 0 unspecified atom stereocenters. The number of anilines is 1. The Labute approximate surface area is 134 Å². The Morgan fingerprint density at radius 1 is 1.57 bits per heavy atom. The van der Waals surface area contributed by atoms with Crippen molar-refractivity contribution < 1.29 is 27.5 Å². The van der Waals surface area contributed by atoms with Gasteiger partial charge < -0.3 is 14.9 Å². The molecule has 0 spiro atoms. The second kappa shape index (κ2) is 7.03. The molecule has 0 fully saturated rings. The normalized spacial score (nSPS) is 17.4. The van der Waals surface area contributed by atoms with Gasteiger partial charge in [0.2, 0.25) is 0 Å². The molecule has 1 aromatic rings. The lowest BCUT2D eigenvalue weighted by Crippen LogP contribution is -2.23. The molecule has 0 radical (unpaired) electrons. The zero-order chi connectivity index (χ0) is 17.0. The SMILES string of the molecule is CCOC(=O)C1=NO[C@H](CNc2ncc(C(F)(F)F)cc2Cl)C1. The van der Waals surface area contributed by atoms with E-state index in [0.717, 1.165) is 6.07 Å². The van der Waals surface area contributed by atoms with E-state index in [0.29, 0.717) is 6.20 Å². The molecule has 0 aromatic carbocycles. The summed E-state index contributed by atoms with van der Waals surface area (Å²) in [5, 5.41) is 6.22. The Morgan fingerprint density at radius 3 is 2.91 bits per heavy atom. The predicted molar refractivity (Wildman–Crippen MR) is 76.3 cm³/mol. The van der Waals surface area contributed by atoms with Crippen LogP contribution in [0.3, 0.4) is 0 Å². The fourth-order valence-corrected chi connectivity index (χ4v) is 2.04. The molecule has 2 rings (SSSR count). The summed E-state index contributed by atoms with van der Waals surface area (Å²) in [5.74, 6) is -0.464. The van der Waals surface area contributed by atoms with Crippen LogP contribution >= 0.6 is 11.6 Å². The maximum Gasteiger partial charge on any atom is 0.417 e. The highest BCUT2D eigenvalue weighted by atomic mass is 35.5. The van der Waals surface area contributed by atoms with Gasteiger partial charge in [0.15, 0.2) is 11.8 Å². The van der Waals surface area contributed by atoms with Crippen LogP contribution in [0.4, 0.5) is 19.0 Å². The van der Waals surface area contributed by atoms with E-state index >= 15 is 0 Å². The van der Waals surface area contributed by atoms with Gasteiger partial charge in [0.05, 0.1) is 23.7 Å². The molecular weight excluding hydrogens is 339 g/mol. The average Bonchev–Trinajstić information content (AvgIpc) is 2.94. The minimum absolute atomic E-state index is 0.0906. The number of esters is 1. The minimum atomic E-state index is -4.51. The standard InChI is InChI=1S/C13H13ClF3N3O3/c1-2-22-12(21)10-4-8(23-20-10)6-19-11-9(14)3-7(5-18-11)13(15,16)17/h3,5,8H,2,4,6H2,1H3,(H,18,19)/t8-/m0/s1. The zero-order valence-corrected chi connectivity index (χ0v) is 12.7. The summed E-state index contributed by atoms with van der Waals surface area (Å²) in [4.78, 5) is 20.1. The highest BCUT2D eigenvalue weighted by Crippen LogP contribution is 2.32. The maximum absolute atomic E-state index is 12.5. The number of nitrogens with one attached hydrogen (secondary N) is 1. The van der Waals surface area contributed by atoms with Gasteiger partial charge in [-0.05, 0) is 13.0 Å². The number of aromatic nitrogens is 1. The van der Waals surface area contributed by atoms with Crippen molar-refractivity contribution in [1.29, 1.82) is 0 Å². The van der Waals surface area contributed by atoms with Crippen LogP contribution in [0, 0.1) is 0 Å². The summed E-state index contributed by atoms with van der Waals surface area (Å²) in [5.41, 5.74) is -0.775. The maximum atomic E-state index is 12.5. The molecule has 0 saturated heterocycles. The van der Waals surface area contributed by atoms with Crippen LogP contribution in [0.25, 0.3) is 0 Å². The van der Waals surface area contributed by atoms with Crippen molar-refractivity contribution in [3.8, 4) is 0 Å². The predicted octanol–water partition coefficient (Wildman–Crippen LogP) is 2.87. The van der Waals surface area contributed by atoms with Crippen molar-refractivity contribution in [3.05, 3.63) is 22.8 Å². The van der Waals surface area contributed by atoms with Gasteiger partial charge >= 0.3 is 12.1 Å². The van der Waals surface area contributed by atoms with E-state index in [-0.39, 0.29) is 36.1 Å². The van der Waals surface area contributed by atoms with Crippen LogP contribution in [-0.2, 0) is 20.5 Å². The molecule has 1 atom stereocenters. The van der Waals surface area contributed by atoms with E-state index in [1.54, 1.807) is 6.92 Å². The second-order valence-electron chi connectivity index (χ2n) is 4.62. The fourth-order valence-electron chi connectivity index (χ4n) is 1.81. The molecule has 0 saturated carbocycles. The minimum Gasteiger partial charge on any atom is -0.461 e. The summed E-state index contributed by atoms with van der Waals surface area (Å²) in [6, 6.07) is 0.785. The van der Waals surface area contributed by atoms with Crippen LogP contribution in [0.2, 0.25) is 5.02 Å². The van der Waals surface area contributed by atoms with Crippen LogP contribution in [0.5, 0.6) is 0 Å². The Morgan fingerprint density at radius 2 is 2.30 bits per heavy atom. The van der Waals surface area contributed by atoms with E-state index < -0.39 is 23.8 Å². The van der Waals surface area contributed by atoms with Gasteiger partial charge in [-0.3, -0.25) is 0 Å². The molecule has 0 aliphatic carbocycles. The largest absolute Gasteiger partial charge is 0.461 e. The van der Waals surface area contributed by atoms with Crippen LogP contribution < -0.4 is 5.32 Å².